The summed E-state index contributed by atoms with van der Waals surface area (Å²) in [6.07, 6.45) is 11.5. The monoisotopic (exact) mass is 139 g/mol. The number of hydrogen-bond donors (Lipinski definition) is 1. The first kappa shape index (κ1) is 9.36. The van der Waals surface area contributed by atoms with Crippen molar-refractivity contribution in [3.05, 3.63) is 0 Å². The molecule has 10 heavy (non-hydrogen) atoms. The van der Waals surface area contributed by atoms with Crippen LogP contribution in [0.1, 0.15) is 39.0 Å². The molecule has 0 saturated heterocycles. The van der Waals surface area contributed by atoms with Crippen LogP contribution in [-0.4, -0.2) is 6.54 Å². The normalized spacial score (nSPS) is 8.80. The Morgan fingerprint density at radius 3 is 2.50 bits per heavy atom. The van der Waals surface area contributed by atoms with Gasteiger partial charge in [-0.2, -0.15) is 0 Å². The summed E-state index contributed by atoms with van der Waals surface area (Å²) in [7, 11) is 0. The number of unbranched alkanes of at least 4 members (excludes halogenated alkanes) is 4. The van der Waals surface area contributed by atoms with Crippen LogP contribution >= 0.6 is 0 Å². The molecule has 0 rings (SSSR count). The molecule has 0 fully saturated rings. The highest BCUT2D eigenvalue weighted by molar-refractivity contribution is 4.79. The van der Waals surface area contributed by atoms with Crippen molar-refractivity contribution in [2.75, 3.05) is 6.54 Å². The second kappa shape index (κ2) is 8.36. The Kier molecular flexibility index (Phi) is 7.82. The average molecular weight is 139 g/mol. The van der Waals surface area contributed by atoms with Crippen molar-refractivity contribution in [1.29, 1.82) is 0 Å². The van der Waals surface area contributed by atoms with Crippen molar-refractivity contribution in [1.82, 2.24) is 5.32 Å². The fraction of sp³-hybridized carbons (Fsp3) is 0.778. The van der Waals surface area contributed by atoms with Crippen LogP contribution < -0.4 is 5.32 Å². The molecule has 0 bridgehead atoms. The Morgan fingerprint density at radius 2 is 1.90 bits per heavy atom. The molecule has 1 N–H and O–H groups in total. The highest BCUT2D eigenvalue weighted by atomic mass is 14.8. The molecule has 0 unspecified atom stereocenters. The quantitative estimate of drug-likeness (QED) is 0.338. The Balaban J connectivity index is 2.72. The van der Waals surface area contributed by atoms with Gasteiger partial charge in [0.25, 0.3) is 0 Å². The summed E-state index contributed by atoms with van der Waals surface area (Å²) >= 11 is 0. The van der Waals surface area contributed by atoms with Gasteiger partial charge in [0.2, 0.25) is 0 Å². The van der Waals surface area contributed by atoms with Gasteiger partial charge in [-0.05, 0) is 6.42 Å². The van der Waals surface area contributed by atoms with Gasteiger partial charge in [0.1, 0.15) is 0 Å². The minimum absolute atomic E-state index is 0.972. The largest absolute Gasteiger partial charge is 0.346 e. The van der Waals surface area contributed by atoms with Gasteiger partial charge in [-0.1, -0.05) is 39.0 Å². The summed E-state index contributed by atoms with van der Waals surface area (Å²) in [5.41, 5.74) is 0. The molecule has 0 aliphatic heterocycles. The first-order valence-corrected chi connectivity index (χ1v) is 4.10. The maximum absolute atomic E-state index is 5.01. The predicted molar refractivity (Wildman–Crippen MR) is 45.6 cm³/mol. The van der Waals surface area contributed by atoms with Gasteiger partial charge < -0.3 is 5.32 Å². The molecule has 58 valence electrons. The second-order valence-corrected chi connectivity index (χ2v) is 2.49. The molecule has 0 atom stereocenters. The summed E-state index contributed by atoms with van der Waals surface area (Å²) in [4.78, 5) is 0. The molecule has 0 aliphatic carbocycles. The topological polar surface area (TPSA) is 12.0 Å². The van der Waals surface area contributed by atoms with Crippen molar-refractivity contribution < 1.29 is 0 Å². The van der Waals surface area contributed by atoms with E-state index in [9.17, 15) is 0 Å². The minimum Gasteiger partial charge on any atom is -0.346 e. The summed E-state index contributed by atoms with van der Waals surface area (Å²) in [6.45, 7) is 3.19. The number of terminal acetylenes is 1. The first-order valence-electron chi connectivity index (χ1n) is 4.10. The summed E-state index contributed by atoms with van der Waals surface area (Å²) < 4.78 is 0. The zero-order valence-corrected chi connectivity index (χ0v) is 6.82. The smallest absolute Gasteiger partial charge is 0.0229 e. The van der Waals surface area contributed by atoms with E-state index in [0.717, 1.165) is 6.54 Å². The maximum atomic E-state index is 5.01. The maximum Gasteiger partial charge on any atom is 0.0229 e. The molecule has 0 aliphatic rings. The molecule has 1 heteroatoms. The van der Waals surface area contributed by atoms with Crippen molar-refractivity contribution >= 4 is 0 Å². The van der Waals surface area contributed by atoms with E-state index in [2.05, 4.69) is 18.3 Å². The van der Waals surface area contributed by atoms with Gasteiger partial charge in [0.05, 0.1) is 0 Å². The van der Waals surface area contributed by atoms with Gasteiger partial charge in [-0.3, -0.25) is 0 Å². The van der Waals surface area contributed by atoms with Crippen LogP contribution in [0.25, 0.3) is 0 Å². The second-order valence-electron chi connectivity index (χ2n) is 2.49. The zero-order valence-electron chi connectivity index (χ0n) is 6.82. The van der Waals surface area contributed by atoms with Gasteiger partial charge in [0, 0.05) is 12.6 Å². The van der Waals surface area contributed by atoms with E-state index >= 15 is 0 Å². The van der Waals surface area contributed by atoms with Crippen LogP contribution in [0.2, 0.25) is 0 Å². The van der Waals surface area contributed by atoms with Crippen LogP contribution in [0.15, 0.2) is 0 Å². The third-order valence-electron chi connectivity index (χ3n) is 1.51. The van der Waals surface area contributed by atoms with Crippen LogP contribution in [0.3, 0.4) is 0 Å². The van der Waals surface area contributed by atoms with Gasteiger partial charge in [-0.25, -0.2) is 0 Å². The minimum atomic E-state index is 0.972. The molecule has 0 aromatic carbocycles. The summed E-state index contributed by atoms with van der Waals surface area (Å²) in [5, 5.41) is 2.85. The lowest BCUT2D eigenvalue weighted by Gasteiger charge is -1.97. The third kappa shape index (κ3) is 7.36. The molecule has 0 aromatic rings. The van der Waals surface area contributed by atoms with Crippen molar-refractivity contribution in [2.24, 2.45) is 0 Å². The molecule has 1 nitrogen and oxygen atoms in total. The van der Waals surface area contributed by atoms with Crippen LogP contribution in [0.5, 0.6) is 0 Å². The van der Waals surface area contributed by atoms with Crippen LogP contribution in [0, 0.1) is 12.5 Å². The van der Waals surface area contributed by atoms with Gasteiger partial charge in [-0.15, -0.1) is 0 Å². The van der Waals surface area contributed by atoms with E-state index in [1.165, 1.54) is 32.1 Å². The van der Waals surface area contributed by atoms with E-state index < -0.39 is 0 Å². The fourth-order valence-corrected chi connectivity index (χ4v) is 0.889. The number of nitrogens with one attached hydrogen (secondary N) is 1. The van der Waals surface area contributed by atoms with E-state index in [-0.39, 0.29) is 0 Å². The average Bonchev–Trinajstić information content (AvgIpc) is 1.97. The summed E-state index contributed by atoms with van der Waals surface area (Å²) in [5.74, 6) is 0. The molecular weight excluding hydrogens is 122 g/mol. The zero-order chi connectivity index (χ0) is 7.66. The SMILES string of the molecule is C#CNCCCCCCC. The molecule has 0 amide bonds. The molecule has 0 saturated carbocycles. The predicted octanol–water partition coefficient (Wildman–Crippen LogP) is 2.14. The lowest BCUT2D eigenvalue weighted by Crippen LogP contribution is -2.06. The van der Waals surface area contributed by atoms with E-state index in [1.807, 2.05) is 0 Å². The molecule has 0 aromatic heterocycles. The van der Waals surface area contributed by atoms with E-state index in [4.69, 9.17) is 6.42 Å². The number of rotatable bonds is 6. The third-order valence-corrected chi connectivity index (χ3v) is 1.51. The van der Waals surface area contributed by atoms with Crippen molar-refractivity contribution in [2.45, 2.75) is 39.0 Å². The highest BCUT2D eigenvalue weighted by Crippen LogP contribution is 2.00. The standard InChI is InChI=1S/C9H17N/c1-3-5-6-7-8-9-10-4-2/h2,10H,3,5-9H2,1H3. The Bertz CT molecular complexity index is 91.4. The van der Waals surface area contributed by atoms with Gasteiger partial charge in [0.15, 0.2) is 0 Å². The highest BCUT2D eigenvalue weighted by Gasteiger charge is 1.85. The van der Waals surface area contributed by atoms with E-state index in [0.29, 0.717) is 0 Å². The lowest BCUT2D eigenvalue weighted by atomic mass is 10.1. The van der Waals surface area contributed by atoms with E-state index in [1.54, 1.807) is 0 Å². The molecular formula is C9H17N. The van der Waals surface area contributed by atoms with Crippen LogP contribution in [-0.2, 0) is 0 Å². The Hall–Kier alpha value is -0.640. The molecule has 0 radical (unpaired) electrons. The van der Waals surface area contributed by atoms with Crippen molar-refractivity contribution in [3.63, 3.8) is 0 Å². The molecule has 0 spiro atoms. The van der Waals surface area contributed by atoms with Gasteiger partial charge >= 0.3 is 0 Å². The first-order chi connectivity index (χ1) is 4.91. The fourth-order valence-electron chi connectivity index (χ4n) is 0.889. The Morgan fingerprint density at radius 1 is 1.20 bits per heavy atom. The molecule has 0 heterocycles. The van der Waals surface area contributed by atoms with Crippen molar-refractivity contribution in [3.8, 4) is 12.5 Å². The number of hydrogen-bond acceptors (Lipinski definition) is 1. The Labute approximate surface area is 64.2 Å². The van der Waals surface area contributed by atoms with Crippen LogP contribution in [0.4, 0.5) is 0 Å². The summed E-state index contributed by atoms with van der Waals surface area (Å²) in [6, 6.07) is 2.41. The lowest BCUT2D eigenvalue weighted by molar-refractivity contribution is 0.622.